The van der Waals surface area contributed by atoms with Crippen LogP contribution < -0.4 is 5.32 Å². The van der Waals surface area contributed by atoms with Crippen LogP contribution >= 0.6 is 0 Å². The summed E-state index contributed by atoms with van der Waals surface area (Å²) in [7, 11) is 2.02. The Morgan fingerprint density at radius 1 is 1.58 bits per heavy atom. The van der Waals surface area contributed by atoms with Crippen LogP contribution in [-0.4, -0.2) is 17.2 Å². The highest BCUT2D eigenvalue weighted by Crippen LogP contribution is 2.29. The molecule has 0 amide bonds. The Morgan fingerprint density at radius 3 is 3.17 bits per heavy atom. The third-order valence-electron chi connectivity index (χ3n) is 2.68. The Bertz CT molecular complexity index is 277. The van der Waals surface area contributed by atoms with Gasteiger partial charge in [0.2, 0.25) is 0 Å². The number of H-pyrrole nitrogens is 1. The van der Waals surface area contributed by atoms with E-state index in [1.165, 1.54) is 29.8 Å². The van der Waals surface area contributed by atoms with Crippen LogP contribution in [0.5, 0.6) is 0 Å². The van der Waals surface area contributed by atoms with Gasteiger partial charge in [0.1, 0.15) is 0 Å². The molecule has 1 aliphatic rings. The van der Waals surface area contributed by atoms with Gasteiger partial charge in [-0.15, -0.1) is 0 Å². The molecule has 3 heteroatoms. The van der Waals surface area contributed by atoms with E-state index in [4.69, 9.17) is 0 Å². The summed E-state index contributed by atoms with van der Waals surface area (Å²) in [5.74, 6) is 0. The predicted octanol–water partition coefficient (Wildman–Crippen LogP) is 1.31. The van der Waals surface area contributed by atoms with E-state index in [1.54, 1.807) is 0 Å². The number of fused-ring (bicyclic) bond motifs is 1. The molecule has 1 aliphatic carbocycles. The van der Waals surface area contributed by atoms with Gasteiger partial charge in [-0.05, 0) is 33.2 Å². The maximum Gasteiger partial charge on any atom is 0.0672 e. The van der Waals surface area contributed by atoms with Gasteiger partial charge in [-0.3, -0.25) is 5.10 Å². The van der Waals surface area contributed by atoms with Crippen LogP contribution in [0, 0.1) is 6.92 Å². The molecule has 1 heterocycles. The van der Waals surface area contributed by atoms with Crippen LogP contribution in [0.3, 0.4) is 0 Å². The first-order valence-corrected chi connectivity index (χ1v) is 4.54. The molecule has 0 aliphatic heterocycles. The van der Waals surface area contributed by atoms with Crippen molar-refractivity contribution in [2.75, 3.05) is 7.05 Å². The van der Waals surface area contributed by atoms with Crippen LogP contribution in [0.15, 0.2) is 0 Å². The fourth-order valence-electron chi connectivity index (χ4n) is 2.05. The van der Waals surface area contributed by atoms with E-state index in [9.17, 15) is 0 Å². The molecule has 0 fully saturated rings. The first-order chi connectivity index (χ1) is 5.83. The molecule has 2 rings (SSSR count). The normalized spacial score (nSPS) is 22.3. The average Bonchev–Trinajstić information content (AvgIpc) is 2.48. The molecule has 1 atom stereocenters. The van der Waals surface area contributed by atoms with Crippen molar-refractivity contribution in [3.63, 3.8) is 0 Å². The van der Waals surface area contributed by atoms with E-state index in [1.807, 2.05) is 7.05 Å². The second kappa shape index (κ2) is 2.90. The fourth-order valence-corrected chi connectivity index (χ4v) is 2.05. The zero-order valence-electron chi connectivity index (χ0n) is 7.65. The molecule has 0 spiro atoms. The van der Waals surface area contributed by atoms with Crippen molar-refractivity contribution < 1.29 is 0 Å². The van der Waals surface area contributed by atoms with Crippen LogP contribution in [0.4, 0.5) is 0 Å². The van der Waals surface area contributed by atoms with Crippen LogP contribution in [0.1, 0.15) is 35.8 Å². The van der Waals surface area contributed by atoms with Gasteiger partial charge in [-0.1, -0.05) is 0 Å². The predicted molar refractivity (Wildman–Crippen MR) is 48.1 cm³/mol. The van der Waals surface area contributed by atoms with Crippen molar-refractivity contribution in [2.24, 2.45) is 0 Å². The van der Waals surface area contributed by atoms with E-state index < -0.39 is 0 Å². The van der Waals surface area contributed by atoms with Crippen LogP contribution in [0.25, 0.3) is 0 Å². The molecule has 2 N–H and O–H groups in total. The number of aryl methyl sites for hydroxylation is 2. The molecular formula is C9H15N3. The minimum atomic E-state index is 0.521. The first kappa shape index (κ1) is 7.80. The van der Waals surface area contributed by atoms with E-state index in [-0.39, 0.29) is 0 Å². The maximum atomic E-state index is 4.29. The number of aromatic nitrogens is 2. The number of nitrogens with one attached hydrogen (secondary N) is 2. The SMILES string of the molecule is CNC1CCCc2n[nH]c(C)c21. The van der Waals surface area contributed by atoms with Gasteiger partial charge in [0, 0.05) is 17.3 Å². The zero-order valence-corrected chi connectivity index (χ0v) is 7.65. The topological polar surface area (TPSA) is 40.7 Å². The summed E-state index contributed by atoms with van der Waals surface area (Å²) in [5, 5.41) is 10.7. The summed E-state index contributed by atoms with van der Waals surface area (Å²) in [6, 6.07) is 0.521. The molecule has 3 nitrogen and oxygen atoms in total. The summed E-state index contributed by atoms with van der Waals surface area (Å²) >= 11 is 0. The highest BCUT2D eigenvalue weighted by atomic mass is 15.1. The van der Waals surface area contributed by atoms with Crippen LogP contribution in [-0.2, 0) is 6.42 Å². The fraction of sp³-hybridized carbons (Fsp3) is 0.667. The second-order valence-corrected chi connectivity index (χ2v) is 3.44. The lowest BCUT2D eigenvalue weighted by molar-refractivity contribution is 0.492. The lowest BCUT2D eigenvalue weighted by Crippen LogP contribution is -2.21. The number of aromatic amines is 1. The lowest BCUT2D eigenvalue weighted by atomic mass is 9.91. The molecule has 0 saturated heterocycles. The van der Waals surface area contributed by atoms with Gasteiger partial charge in [-0.2, -0.15) is 5.10 Å². The highest BCUT2D eigenvalue weighted by Gasteiger charge is 2.22. The Balaban J connectivity index is 2.41. The van der Waals surface area contributed by atoms with E-state index in [2.05, 4.69) is 22.4 Å². The first-order valence-electron chi connectivity index (χ1n) is 4.54. The number of nitrogens with zero attached hydrogens (tertiary/aromatic N) is 1. The summed E-state index contributed by atoms with van der Waals surface area (Å²) in [4.78, 5) is 0. The molecule has 0 saturated carbocycles. The van der Waals surface area contributed by atoms with Gasteiger partial charge in [0.25, 0.3) is 0 Å². The molecule has 0 aromatic carbocycles. The third-order valence-corrected chi connectivity index (χ3v) is 2.68. The third kappa shape index (κ3) is 1.05. The Kier molecular flexibility index (Phi) is 1.89. The number of rotatable bonds is 1. The summed E-state index contributed by atoms with van der Waals surface area (Å²) < 4.78 is 0. The molecule has 12 heavy (non-hydrogen) atoms. The van der Waals surface area contributed by atoms with Gasteiger partial charge < -0.3 is 5.32 Å². The van der Waals surface area contributed by atoms with Crippen molar-refractivity contribution in [1.82, 2.24) is 15.5 Å². The van der Waals surface area contributed by atoms with Gasteiger partial charge >= 0.3 is 0 Å². The number of hydrogen-bond acceptors (Lipinski definition) is 2. The van der Waals surface area contributed by atoms with Crippen molar-refractivity contribution >= 4 is 0 Å². The molecule has 0 radical (unpaired) electrons. The Hall–Kier alpha value is -0.830. The van der Waals surface area contributed by atoms with Crippen molar-refractivity contribution in [2.45, 2.75) is 32.2 Å². The smallest absolute Gasteiger partial charge is 0.0672 e. The molecule has 66 valence electrons. The van der Waals surface area contributed by atoms with E-state index in [0.717, 1.165) is 6.42 Å². The van der Waals surface area contributed by atoms with Crippen molar-refractivity contribution in [3.8, 4) is 0 Å². The summed E-state index contributed by atoms with van der Waals surface area (Å²) in [6.45, 7) is 2.10. The zero-order chi connectivity index (χ0) is 8.55. The highest BCUT2D eigenvalue weighted by molar-refractivity contribution is 5.30. The number of hydrogen-bond donors (Lipinski definition) is 2. The second-order valence-electron chi connectivity index (χ2n) is 3.44. The maximum absolute atomic E-state index is 4.29. The van der Waals surface area contributed by atoms with Crippen molar-refractivity contribution in [3.05, 3.63) is 17.0 Å². The molecule has 0 bridgehead atoms. The van der Waals surface area contributed by atoms with E-state index in [0.29, 0.717) is 6.04 Å². The molecular weight excluding hydrogens is 150 g/mol. The minimum absolute atomic E-state index is 0.521. The average molecular weight is 165 g/mol. The quantitative estimate of drug-likeness (QED) is 0.658. The Labute approximate surface area is 72.6 Å². The Morgan fingerprint density at radius 2 is 2.42 bits per heavy atom. The van der Waals surface area contributed by atoms with Gasteiger partial charge in [-0.25, -0.2) is 0 Å². The lowest BCUT2D eigenvalue weighted by Gasteiger charge is -2.21. The summed E-state index contributed by atoms with van der Waals surface area (Å²) in [6.07, 6.45) is 3.63. The molecule has 1 aromatic heterocycles. The van der Waals surface area contributed by atoms with E-state index >= 15 is 0 Å². The van der Waals surface area contributed by atoms with Gasteiger partial charge in [0.15, 0.2) is 0 Å². The largest absolute Gasteiger partial charge is 0.313 e. The minimum Gasteiger partial charge on any atom is -0.313 e. The molecule has 1 aromatic rings. The monoisotopic (exact) mass is 165 g/mol. The van der Waals surface area contributed by atoms with Crippen LogP contribution in [0.2, 0.25) is 0 Å². The standard InChI is InChI=1S/C9H15N3/c1-6-9-7(10-2)4-3-5-8(9)12-11-6/h7,10H,3-5H2,1-2H3,(H,11,12). The molecule has 1 unspecified atom stereocenters. The van der Waals surface area contributed by atoms with Crippen molar-refractivity contribution in [1.29, 1.82) is 0 Å². The van der Waals surface area contributed by atoms with Gasteiger partial charge in [0.05, 0.1) is 5.69 Å². The summed E-state index contributed by atoms with van der Waals surface area (Å²) in [5.41, 5.74) is 3.89.